The number of benzene rings is 1. The summed E-state index contributed by atoms with van der Waals surface area (Å²) in [6, 6.07) is 7.80. The lowest BCUT2D eigenvalue weighted by molar-refractivity contribution is -0.137. The number of carboxylic acid groups (broad SMARTS) is 1. The van der Waals surface area contributed by atoms with E-state index < -0.39 is 17.7 Å². The predicted molar refractivity (Wildman–Crippen MR) is 99.4 cm³/mol. The van der Waals surface area contributed by atoms with Crippen molar-refractivity contribution in [2.75, 3.05) is 11.9 Å². The van der Waals surface area contributed by atoms with Gasteiger partial charge >= 0.3 is 5.97 Å². The van der Waals surface area contributed by atoms with Gasteiger partial charge in [-0.25, -0.2) is 4.39 Å². The minimum Gasteiger partial charge on any atom is -0.481 e. The van der Waals surface area contributed by atoms with Gasteiger partial charge < -0.3 is 14.9 Å². The van der Waals surface area contributed by atoms with Crippen LogP contribution in [0.1, 0.15) is 42.5 Å². The number of halogens is 1. The number of hydrogen-bond donors (Lipinski definition) is 3. The van der Waals surface area contributed by atoms with Gasteiger partial charge in [-0.1, -0.05) is 17.3 Å². The Morgan fingerprint density at radius 2 is 2.21 bits per heavy atom. The highest BCUT2D eigenvalue weighted by molar-refractivity contribution is 5.68. The molecule has 0 aliphatic rings. The molecule has 1 aromatic carbocycles. The van der Waals surface area contributed by atoms with Gasteiger partial charge in [0.25, 0.3) is 0 Å². The number of unbranched alkanes of at least 4 members (excludes halogenated alkanes) is 1. The van der Waals surface area contributed by atoms with Gasteiger partial charge in [0.15, 0.2) is 5.82 Å². The van der Waals surface area contributed by atoms with Gasteiger partial charge in [-0.05, 0) is 36.6 Å². The maximum Gasteiger partial charge on any atom is 0.303 e. The van der Waals surface area contributed by atoms with Crippen LogP contribution in [0, 0.1) is 5.82 Å². The second-order valence-electron chi connectivity index (χ2n) is 6.51. The molecule has 8 nitrogen and oxygen atoms in total. The summed E-state index contributed by atoms with van der Waals surface area (Å²) < 4.78 is 18.8. The van der Waals surface area contributed by atoms with Crippen molar-refractivity contribution in [3.63, 3.8) is 0 Å². The highest BCUT2D eigenvalue weighted by Crippen LogP contribution is 2.24. The largest absolute Gasteiger partial charge is 0.481 e. The molecule has 148 valence electrons. The maximum absolute atomic E-state index is 13.5. The Balaban J connectivity index is 1.50. The number of aliphatic carboxylic acids is 1. The number of carbonyl (C=O) groups is 1. The fourth-order valence-corrected chi connectivity index (χ4v) is 2.95. The van der Waals surface area contributed by atoms with Crippen molar-refractivity contribution in [2.45, 2.75) is 38.0 Å². The van der Waals surface area contributed by atoms with E-state index in [0.717, 1.165) is 25.2 Å². The summed E-state index contributed by atoms with van der Waals surface area (Å²) in [6.07, 6.45) is 4.27. The fraction of sp³-hybridized carbons (Fsp3) is 0.368. The van der Waals surface area contributed by atoms with E-state index in [4.69, 9.17) is 9.63 Å². The van der Waals surface area contributed by atoms with Crippen molar-refractivity contribution in [1.82, 2.24) is 20.3 Å². The molecular weight excluding hydrogens is 365 g/mol. The molecule has 0 spiro atoms. The van der Waals surface area contributed by atoms with Crippen molar-refractivity contribution in [2.24, 2.45) is 0 Å². The summed E-state index contributed by atoms with van der Waals surface area (Å²) in [4.78, 5) is 15.5. The molecule has 0 radical (unpaired) electrons. The number of aromatic amines is 1. The van der Waals surface area contributed by atoms with E-state index in [2.05, 4.69) is 25.7 Å². The van der Waals surface area contributed by atoms with E-state index in [0.29, 0.717) is 23.7 Å². The predicted octanol–water partition coefficient (Wildman–Crippen LogP) is 3.17. The molecule has 9 heteroatoms. The number of aryl methyl sites for hydroxylation is 1. The molecule has 0 aliphatic carbocycles. The van der Waals surface area contributed by atoms with Crippen LogP contribution in [0.2, 0.25) is 0 Å². The number of rotatable bonds is 11. The second kappa shape index (κ2) is 9.63. The fourth-order valence-electron chi connectivity index (χ4n) is 2.95. The van der Waals surface area contributed by atoms with Crippen molar-refractivity contribution in [3.8, 4) is 0 Å². The second-order valence-corrected chi connectivity index (χ2v) is 6.51. The molecule has 2 heterocycles. The van der Waals surface area contributed by atoms with Crippen molar-refractivity contribution >= 4 is 11.8 Å². The number of H-pyrrole nitrogens is 1. The average molecular weight is 387 g/mol. The lowest BCUT2D eigenvalue weighted by Crippen LogP contribution is -2.10. The van der Waals surface area contributed by atoms with E-state index in [1.807, 2.05) is 6.07 Å². The van der Waals surface area contributed by atoms with E-state index in [1.54, 1.807) is 18.3 Å². The van der Waals surface area contributed by atoms with Crippen molar-refractivity contribution in [1.29, 1.82) is 0 Å². The summed E-state index contributed by atoms with van der Waals surface area (Å²) in [5.41, 5.74) is 0.604. The lowest BCUT2D eigenvalue weighted by Gasteiger charge is -2.13. The van der Waals surface area contributed by atoms with Gasteiger partial charge in [0, 0.05) is 25.3 Å². The van der Waals surface area contributed by atoms with E-state index in [-0.39, 0.29) is 12.8 Å². The topological polar surface area (TPSA) is 117 Å². The zero-order valence-electron chi connectivity index (χ0n) is 15.3. The Hall–Kier alpha value is -3.23. The zero-order valence-corrected chi connectivity index (χ0v) is 15.3. The van der Waals surface area contributed by atoms with Crippen molar-refractivity contribution < 1.29 is 18.8 Å². The molecule has 1 atom stereocenters. The Morgan fingerprint density at radius 3 is 2.96 bits per heavy atom. The molecule has 3 aromatic rings. The van der Waals surface area contributed by atoms with E-state index in [9.17, 15) is 9.18 Å². The molecule has 0 bridgehead atoms. The Bertz CT molecular complexity index is 881. The highest BCUT2D eigenvalue weighted by Gasteiger charge is 2.20. The van der Waals surface area contributed by atoms with E-state index in [1.165, 1.54) is 12.1 Å². The molecule has 3 rings (SSSR count). The highest BCUT2D eigenvalue weighted by atomic mass is 19.1. The third-order valence-electron chi connectivity index (χ3n) is 4.32. The normalized spacial score (nSPS) is 12.0. The average Bonchev–Trinajstić information content (AvgIpc) is 3.33. The zero-order chi connectivity index (χ0) is 19.8. The number of carboxylic acids is 1. The van der Waals surface area contributed by atoms with Gasteiger partial charge in [0.05, 0.1) is 12.6 Å². The van der Waals surface area contributed by atoms with Crippen LogP contribution < -0.4 is 5.32 Å². The first-order valence-corrected chi connectivity index (χ1v) is 9.12. The van der Waals surface area contributed by atoms with Crippen LogP contribution >= 0.6 is 0 Å². The number of hydrogen-bond acceptors (Lipinski definition) is 6. The van der Waals surface area contributed by atoms with Gasteiger partial charge in [-0.2, -0.15) is 10.1 Å². The first-order chi connectivity index (χ1) is 13.6. The summed E-state index contributed by atoms with van der Waals surface area (Å²) in [5, 5.41) is 23.0. The SMILES string of the molecule is O=C(O)CC(Cc1nc(CCCCNc2ccn[nH]2)no1)c1cccc(F)c1. The van der Waals surface area contributed by atoms with Crippen LogP contribution in [0.4, 0.5) is 10.2 Å². The lowest BCUT2D eigenvalue weighted by atomic mass is 9.92. The molecule has 0 amide bonds. The molecule has 1 unspecified atom stereocenters. The number of nitrogens with one attached hydrogen (secondary N) is 2. The first kappa shape index (κ1) is 19.5. The molecule has 2 aromatic heterocycles. The van der Waals surface area contributed by atoms with Crippen LogP contribution in [0.15, 0.2) is 41.1 Å². The standard InChI is InChI=1S/C19H22FN5O3/c20-15-5-3-4-13(10-15)14(12-19(26)27)11-18-23-17(25-28-18)6-1-2-8-21-16-7-9-22-24-16/h3-5,7,9-10,14H,1-2,6,8,11-12H2,(H,26,27)(H2,21,22,24). The molecule has 3 N–H and O–H groups in total. The van der Waals surface area contributed by atoms with Crippen molar-refractivity contribution in [3.05, 3.63) is 59.6 Å². The quantitative estimate of drug-likeness (QED) is 0.433. The van der Waals surface area contributed by atoms with Crippen LogP contribution in [0.5, 0.6) is 0 Å². The van der Waals surface area contributed by atoms with Gasteiger partial charge in [-0.15, -0.1) is 0 Å². The van der Waals surface area contributed by atoms with E-state index >= 15 is 0 Å². The van der Waals surface area contributed by atoms with Crippen LogP contribution in [-0.4, -0.2) is 38.0 Å². The Labute approximate surface area is 161 Å². The molecular formula is C19H22FN5O3. The molecule has 0 aliphatic heterocycles. The van der Waals surface area contributed by atoms with Crippen LogP contribution in [0.25, 0.3) is 0 Å². The molecule has 0 saturated heterocycles. The number of aromatic nitrogens is 4. The van der Waals surface area contributed by atoms with Gasteiger partial charge in [-0.3, -0.25) is 9.89 Å². The summed E-state index contributed by atoms with van der Waals surface area (Å²) in [7, 11) is 0. The third kappa shape index (κ3) is 5.90. The van der Waals surface area contributed by atoms with Crippen LogP contribution in [0.3, 0.4) is 0 Å². The minimum atomic E-state index is -0.959. The first-order valence-electron chi connectivity index (χ1n) is 9.12. The molecule has 0 fully saturated rings. The summed E-state index contributed by atoms with van der Waals surface area (Å²) in [6.45, 7) is 0.799. The monoisotopic (exact) mass is 387 g/mol. The van der Waals surface area contributed by atoms with Crippen LogP contribution in [-0.2, 0) is 17.6 Å². The smallest absolute Gasteiger partial charge is 0.303 e. The maximum atomic E-state index is 13.5. The number of nitrogens with zero attached hydrogens (tertiary/aromatic N) is 3. The third-order valence-corrected chi connectivity index (χ3v) is 4.32. The van der Waals surface area contributed by atoms with Gasteiger partial charge in [0.1, 0.15) is 11.6 Å². The Morgan fingerprint density at radius 1 is 1.32 bits per heavy atom. The Kier molecular flexibility index (Phi) is 6.72. The minimum absolute atomic E-state index is 0.138. The van der Waals surface area contributed by atoms with Gasteiger partial charge in [0.2, 0.25) is 5.89 Å². The molecule has 0 saturated carbocycles. The summed E-state index contributed by atoms with van der Waals surface area (Å²) >= 11 is 0. The molecule has 28 heavy (non-hydrogen) atoms. The number of anilines is 1. The summed E-state index contributed by atoms with van der Waals surface area (Å²) in [5.74, 6) is 0.0383.